The summed E-state index contributed by atoms with van der Waals surface area (Å²) < 4.78 is 5.35. The van der Waals surface area contributed by atoms with Crippen molar-refractivity contribution in [2.75, 3.05) is 12.0 Å². The van der Waals surface area contributed by atoms with Crippen molar-refractivity contribution in [2.45, 2.75) is 49.9 Å². The SMILES string of the molecule is CSCCC(N)(N)C(=O)OC1CCC(N)CC1. The maximum absolute atomic E-state index is 11.8. The first kappa shape index (κ1) is 14.8. The van der Waals surface area contributed by atoms with Crippen LogP contribution >= 0.6 is 11.8 Å². The summed E-state index contributed by atoms with van der Waals surface area (Å²) in [5.74, 6) is 0.254. The smallest absolute Gasteiger partial charge is 0.341 e. The number of carbonyl (C=O) groups excluding carboxylic acids is 1. The number of rotatable bonds is 5. The van der Waals surface area contributed by atoms with E-state index in [0.29, 0.717) is 6.42 Å². The second kappa shape index (κ2) is 6.58. The predicted molar refractivity (Wildman–Crippen MR) is 70.4 cm³/mol. The van der Waals surface area contributed by atoms with Gasteiger partial charge in [0.15, 0.2) is 5.66 Å². The third kappa shape index (κ3) is 4.83. The van der Waals surface area contributed by atoms with Gasteiger partial charge in [0.2, 0.25) is 0 Å². The number of hydrogen-bond donors (Lipinski definition) is 3. The Balaban J connectivity index is 2.37. The number of thioether (sulfide) groups is 1. The zero-order valence-electron chi connectivity index (χ0n) is 10.4. The van der Waals surface area contributed by atoms with Crippen LogP contribution in [0.15, 0.2) is 0 Å². The Hall–Kier alpha value is -0.300. The van der Waals surface area contributed by atoms with Gasteiger partial charge in [0.05, 0.1) is 0 Å². The van der Waals surface area contributed by atoms with Gasteiger partial charge in [-0.25, -0.2) is 4.79 Å². The van der Waals surface area contributed by atoms with Gasteiger partial charge in [-0.3, -0.25) is 0 Å². The molecule has 0 spiro atoms. The standard InChI is InChI=1S/C11H23N3O2S/c1-17-7-6-11(13,14)10(15)16-9-4-2-8(12)3-5-9/h8-9H,2-7,12-14H2,1H3. The summed E-state index contributed by atoms with van der Waals surface area (Å²) in [5.41, 5.74) is 15.9. The van der Waals surface area contributed by atoms with Gasteiger partial charge >= 0.3 is 5.97 Å². The molecule has 0 aromatic carbocycles. The quantitative estimate of drug-likeness (QED) is 0.481. The van der Waals surface area contributed by atoms with Crippen LogP contribution in [0.4, 0.5) is 0 Å². The van der Waals surface area contributed by atoms with E-state index in [1.807, 2.05) is 6.26 Å². The van der Waals surface area contributed by atoms with E-state index >= 15 is 0 Å². The Kier molecular flexibility index (Phi) is 5.72. The van der Waals surface area contributed by atoms with Crippen molar-refractivity contribution in [3.05, 3.63) is 0 Å². The minimum Gasteiger partial charge on any atom is -0.460 e. The third-order valence-corrected chi connectivity index (χ3v) is 3.70. The zero-order chi connectivity index (χ0) is 12.9. The summed E-state index contributed by atoms with van der Waals surface area (Å²) in [4.78, 5) is 11.8. The molecule has 0 radical (unpaired) electrons. The maximum Gasteiger partial charge on any atom is 0.341 e. The van der Waals surface area contributed by atoms with E-state index in [-0.39, 0.29) is 12.1 Å². The largest absolute Gasteiger partial charge is 0.460 e. The highest BCUT2D eigenvalue weighted by Gasteiger charge is 2.33. The summed E-state index contributed by atoms with van der Waals surface area (Å²) in [6.45, 7) is 0. The normalized spacial score (nSPS) is 25.6. The Labute approximate surface area is 107 Å². The summed E-state index contributed by atoms with van der Waals surface area (Å²) in [6.07, 6.45) is 5.72. The molecule has 0 amide bonds. The molecular formula is C11H23N3O2S. The van der Waals surface area contributed by atoms with Crippen LogP contribution in [-0.4, -0.2) is 35.8 Å². The molecule has 1 fully saturated rings. The fraction of sp³-hybridized carbons (Fsp3) is 0.909. The molecular weight excluding hydrogens is 238 g/mol. The Morgan fingerprint density at radius 2 is 1.94 bits per heavy atom. The first-order chi connectivity index (χ1) is 7.95. The average Bonchev–Trinajstić information content (AvgIpc) is 2.29. The van der Waals surface area contributed by atoms with E-state index in [9.17, 15) is 4.79 Å². The van der Waals surface area contributed by atoms with Crippen LogP contribution in [0.1, 0.15) is 32.1 Å². The number of nitrogens with two attached hydrogens (primary N) is 3. The molecule has 1 aliphatic carbocycles. The molecule has 1 rings (SSSR count). The molecule has 0 unspecified atom stereocenters. The van der Waals surface area contributed by atoms with Gasteiger partial charge in [-0.2, -0.15) is 11.8 Å². The molecule has 0 bridgehead atoms. The van der Waals surface area contributed by atoms with Crippen molar-refractivity contribution < 1.29 is 9.53 Å². The molecule has 5 nitrogen and oxygen atoms in total. The summed E-state index contributed by atoms with van der Waals surface area (Å²) in [5, 5.41) is 0. The van der Waals surface area contributed by atoms with Gasteiger partial charge in [0.1, 0.15) is 6.10 Å². The lowest BCUT2D eigenvalue weighted by Gasteiger charge is -2.29. The molecule has 100 valence electrons. The van der Waals surface area contributed by atoms with Crippen LogP contribution in [0, 0.1) is 0 Å². The molecule has 0 heterocycles. The fourth-order valence-corrected chi connectivity index (χ4v) is 2.38. The third-order valence-electron chi connectivity index (χ3n) is 3.09. The molecule has 1 saturated carbocycles. The van der Waals surface area contributed by atoms with E-state index < -0.39 is 11.6 Å². The lowest BCUT2D eigenvalue weighted by molar-refractivity contribution is -0.157. The van der Waals surface area contributed by atoms with E-state index in [0.717, 1.165) is 31.4 Å². The summed E-state index contributed by atoms with van der Waals surface area (Å²) in [6, 6.07) is 0.238. The molecule has 0 aliphatic heterocycles. The highest BCUT2D eigenvalue weighted by atomic mass is 32.2. The molecule has 17 heavy (non-hydrogen) atoms. The minimum absolute atomic E-state index is 0.0666. The van der Waals surface area contributed by atoms with Gasteiger partial charge in [0.25, 0.3) is 0 Å². The maximum atomic E-state index is 11.8. The van der Waals surface area contributed by atoms with Crippen LogP contribution in [-0.2, 0) is 9.53 Å². The second-order valence-electron chi connectivity index (χ2n) is 4.73. The lowest BCUT2D eigenvalue weighted by atomic mass is 9.93. The monoisotopic (exact) mass is 261 g/mol. The molecule has 6 heteroatoms. The number of hydrogen-bond acceptors (Lipinski definition) is 6. The Morgan fingerprint density at radius 3 is 2.47 bits per heavy atom. The van der Waals surface area contributed by atoms with Gasteiger partial charge in [-0.05, 0) is 44.1 Å². The summed E-state index contributed by atoms with van der Waals surface area (Å²) in [7, 11) is 0. The number of carbonyl (C=O) groups is 1. The fourth-order valence-electron chi connectivity index (χ4n) is 1.84. The topological polar surface area (TPSA) is 104 Å². The van der Waals surface area contributed by atoms with Crippen molar-refractivity contribution in [1.29, 1.82) is 0 Å². The Bertz CT molecular complexity index is 253. The first-order valence-corrected chi connectivity index (χ1v) is 7.38. The van der Waals surface area contributed by atoms with Crippen LogP contribution in [0.5, 0.6) is 0 Å². The van der Waals surface area contributed by atoms with Crippen molar-refractivity contribution in [3.63, 3.8) is 0 Å². The predicted octanol–water partition coefficient (Wildman–Crippen LogP) is 0.166. The molecule has 0 aromatic rings. The summed E-state index contributed by atoms with van der Waals surface area (Å²) >= 11 is 1.61. The van der Waals surface area contributed by atoms with Crippen LogP contribution in [0.3, 0.4) is 0 Å². The molecule has 0 atom stereocenters. The van der Waals surface area contributed by atoms with E-state index in [1.54, 1.807) is 11.8 Å². The van der Waals surface area contributed by atoms with Crippen molar-refractivity contribution in [3.8, 4) is 0 Å². The molecule has 1 aliphatic rings. The minimum atomic E-state index is -1.36. The highest BCUT2D eigenvalue weighted by molar-refractivity contribution is 7.98. The van der Waals surface area contributed by atoms with E-state index in [4.69, 9.17) is 21.9 Å². The second-order valence-corrected chi connectivity index (χ2v) is 5.71. The van der Waals surface area contributed by atoms with Crippen LogP contribution in [0.2, 0.25) is 0 Å². The van der Waals surface area contributed by atoms with E-state index in [2.05, 4.69) is 0 Å². The lowest BCUT2D eigenvalue weighted by Crippen LogP contribution is -2.58. The first-order valence-electron chi connectivity index (χ1n) is 5.99. The van der Waals surface area contributed by atoms with Crippen molar-refractivity contribution in [1.82, 2.24) is 0 Å². The molecule has 0 aromatic heterocycles. The van der Waals surface area contributed by atoms with Gasteiger partial charge < -0.3 is 21.9 Å². The highest BCUT2D eigenvalue weighted by Crippen LogP contribution is 2.21. The van der Waals surface area contributed by atoms with E-state index in [1.165, 1.54) is 0 Å². The van der Waals surface area contributed by atoms with Gasteiger partial charge in [-0.15, -0.1) is 0 Å². The zero-order valence-corrected chi connectivity index (χ0v) is 11.2. The van der Waals surface area contributed by atoms with Crippen LogP contribution < -0.4 is 17.2 Å². The Morgan fingerprint density at radius 1 is 1.35 bits per heavy atom. The number of esters is 1. The number of ether oxygens (including phenoxy) is 1. The molecule has 0 saturated heterocycles. The van der Waals surface area contributed by atoms with Crippen molar-refractivity contribution >= 4 is 17.7 Å². The van der Waals surface area contributed by atoms with Gasteiger partial charge in [-0.1, -0.05) is 0 Å². The van der Waals surface area contributed by atoms with Gasteiger partial charge in [0, 0.05) is 6.04 Å². The molecule has 6 N–H and O–H groups in total. The van der Waals surface area contributed by atoms with Crippen molar-refractivity contribution in [2.24, 2.45) is 17.2 Å². The average molecular weight is 261 g/mol. The van der Waals surface area contributed by atoms with Crippen LogP contribution in [0.25, 0.3) is 0 Å².